The summed E-state index contributed by atoms with van der Waals surface area (Å²) in [6.07, 6.45) is 1.95. The zero-order valence-corrected chi connectivity index (χ0v) is 7.74. The van der Waals surface area contributed by atoms with E-state index in [9.17, 15) is 4.79 Å². The highest BCUT2D eigenvalue weighted by Gasteiger charge is 1.98. The zero-order valence-electron chi connectivity index (χ0n) is 7.74. The van der Waals surface area contributed by atoms with Gasteiger partial charge in [-0.2, -0.15) is 0 Å². The predicted octanol–water partition coefficient (Wildman–Crippen LogP) is -1.02. The molecule has 0 aliphatic heterocycles. The molecule has 0 radical (unpaired) electrons. The largest absolute Gasteiger partial charge is 0.477 e. The molecule has 0 fully saturated rings. The van der Waals surface area contributed by atoms with Gasteiger partial charge in [0.25, 0.3) is 0 Å². The average Bonchev–Trinajstić information content (AvgIpc) is 2.21. The molecule has 7 nitrogen and oxygen atoms in total. The Labute approximate surface area is 85.7 Å². The first kappa shape index (κ1) is 15.1. The predicted molar refractivity (Wildman–Crippen MR) is 51.7 cm³/mol. The Bertz CT molecular complexity index is 283. The number of nitrogens with two attached hydrogens (primary N) is 2. The molecule has 0 saturated heterocycles. The van der Waals surface area contributed by atoms with Crippen molar-refractivity contribution >= 4 is 18.8 Å². The number of pyridine rings is 1. The first-order valence-electron chi connectivity index (χ1n) is 3.59. The van der Waals surface area contributed by atoms with Crippen LogP contribution in [-0.2, 0) is 9.59 Å². The van der Waals surface area contributed by atoms with E-state index in [1.54, 1.807) is 12.1 Å². The fourth-order valence-corrected chi connectivity index (χ4v) is 0.489. The summed E-state index contributed by atoms with van der Waals surface area (Å²) in [6.45, 7) is 0. The van der Waals surface area contributed by atoms with Crippen LogP contribution < -0.4 is 11.5 Å². The molecule has 5 N–H and O–H groups in total. The third-order valence-corrected chi connectivity index (χ3v) is 0.884. The van der Waals surface area contributed by atoms with E-state index in [1.807, 2.05) is 0 Å². The number of hydrogen-bond donors (Lipinski definition) is 3. The summed E-state index contributed by atoms with van der Waals surface area (Å²) in [4.78, 5) is 30.9. The number of carboxylic acids is 1. The van der Waals surface area contributed by atoms with E-state index in [0.717, 1.165) is 0 Å². The molecular weight excluding hydrogens is 202 g/mol. The molecule has 0 atom stereocenters. The van der Waals surface area contributed by atoms with Crippen LogP contribution in [0.25, 0.3) is 0 Å². The standard InChI is InChI=1S/C6H5NO2.2CH3NO/c8-6(9)5-3-1-2-4-7-5;2*2-1-3/h1-4H,(H,8,9);2*1H,(H2,2,3). The number of nitrogens with zero attached hydrogens (tertiary/aromatic N) is 1. The number of amides is 2. The van der Waals surface area contributed by atoms with Gasteiger partial charge in [0.2, 0.25) is 12.8 Å². The summed E-state index contributed by atoms with van der Waals surface area (Å²) in [6, 6.07) is 4.76. The number of hydrogen-bond acceptors (Lipinski definition) is 4. The summed E-state index contributed by atoms with van der Waals surface area (Å²) in [5, 5.41) is 8.32. The summed E-state index contributed by atoms with van der Waals surface area (Å²) < 4.78 is 0. The third-order valence-electron chi connectivity index (χ3n) is 0.884. The van der Waals surface area contributed by atoms with Gasteiger partial charge in [0, 0.05) is 6.20 Å². The van der Waals surface area contributed by atoms with E-state index in [2.05, 4.69) is 16.5 Å². The maximum absolute atomic E-state index is 10.1. The van der Waals surface area contributed by atoms with Gasteiger partial charge in [0.1, 0.15) is 5.69 Å². The molecule has 1 aromatic rings. The van der Waals surface area contributed by atoms with Gasteiger partial charge in [-0.25, -0.2) is 9.78 Å². The molecule has 0 aliphatic carbocycles. The normalized spacial score (nSPS) is 6.93. The molecule has 0 aromatic carbocycles. The van der Waals surface area contributed by atoms with Crippen molar-refractivity contribution in [2.75, 3.05) is 0 Å². The summed E-state index contributed by atoms with van der Waals surface area (Å²) in [5.41, 5.74) is 8.41. The van der Waals surface area contributed by atoms with Crippen molar-refractivity contribution in [3.63, 3.8) is 0 Å². The number of primary amides is 2. The van der Waals surface area contributed by atoms with Gasteiger partial charge in [-0.3, -0.25) is 9.59 Å². The van der Waals surface area contributed by atoms with E-state index in [4.69, 9.17) is 14.7 Å². The highest BCUT2D eigenvalue weighted by Crippen LogP contribution is 1.90. The van der Waals surface area contributed by atoms with Gasteiger partial charge >= 0.3 is 5.97 Å². The second-order valence-corrected chi connectivity index (χ2v) is 1.79. The van der Waals surface area contributed by atoms with Crippen molar-refractivity contribution in [1.82, 2.24) is 4.98 Å². The third kappa shape index (κ3) is 11.6. The van der Waals surface area contributed by atoms with Gasteiger partial charge in [-0.1, -0.05) is 6.07 Å². The molecule has 0 bridgehead atoms. The highest BCUT2D eigenvalue weighted by molar-refractivity contribution is 5.85. The number of carbonyl (C=O) groups is 3. The SMILES string of the molecule is NC=O.NC=O.O=C(O)c1ccccn1. The van der Waals surface area contributed by atoms with Crippen molar-refractivity contribution in [3.8, 4) is 0 Å². The van der Waals surface area contributed by atoms with Gasteiger partial charge in [-0.15, -0.1) is 0 Å². The minimum absolute atomic E-state index is 0.0810. The van der Waals surface area contributed by atoms with Crippen LogP contribution in [0.1, 0.15) is 10.5 Å². The summed E-state index contributed by atoms with van der Waals surface area (Å²) >= 11 is 0. The summed E-state index contributed by atoms with van der Waals surface area (Å²) in [7, 11) is 0. The number of aromatic nitrogens is 1. The van der Waals surface area contributed by atoms with Gasteiger partial charge in [-0.05, 0) is 12.1 Å². The Morgan fingerprint density at radius 2 is 1.73 bits per heavy atom. The first-order chi connectivity index (χ1) is 7.13. The highest BCUT2D eigenvalue weighted by atomic mass is 16.4. The lowest BCUT2D eigenvalue weighted by Gasteiger charge is -1.87. The Hall–Kier alpha value is -2.44. The van der Waals surface area contributed by atoms with Crippen LogP contribution in [0.4, 0.5) is 0 Å². The number of carboxylic acid groups (broad SMARTS) is 1. The Kier molecular flexibility index (Phi) is 11.6. The Morgan fingerprint density at radius 3 is 1.93 bits per heavy atom. The second kappa shape index (κ2) is 11.6. The molecule has 1 aromatic heterocycles. The topological polar surface area (TPSA) is 136 Å². The molecule has 7 heteroatoms. The average molecular weight is 213 g/mol. The quantitative estimate of drug-likeness (QED) is 0.513. The van der Waals surface area contributed by atoms with Crippen LogP contribution in [0.15, 0.2) is 24.4 Å². The minimum Gasteiger partial charge on any atom is -0.477 e. The first-order valence-corrected chi connectivity index (χ1v) is 3.59. The van der Waals surface area contributed by atoms with Gasteiger partial charge in [0.05, 0.1) is 0 Å². The van der Waals surface area contributed by atoms with Crippen LogP contribution in [0.5, 0.6) is 0 Å². The lowest BCUT2D eigenvalue weighted by atomic mass is 10.4. The van der Waals surface area contributed by atoms with Crippen LogP contribution in [0.2, 0.25) is 0 Å². The molecule has 0 spiro atoms. The van der Waals surface area contributed by atoms with Gasteiger partial charge < -0.3 is 16.6 Å². The molecule has 0 aliphatic rings. The maximum Gasteiger partial charge on any atom is 0.354 e. The fourth-order valence-electron chi connectivity index (χ4n) is 0.489. The monoisotopic (exact) mass is 213 g/mol. The minimum atomic E-state index is -0.990. The summed E-state index contributed by atoms with van der Waals surface area (Å²) in [5.74, 6) is -0.990. The van der Waals surface area contributed by atoms with E-state index in [-0.39, 0.29) is 18.5 Å². The van der Waals surface area contributed by atoms with Crippen molar-refractivity contribution in [3.05, 3.63) is 30.1 Å². The number of rotatable bonds is 1. The van der Waals surface area contributed by atoms with Crippen molar-refractivity contribution in [1.29, 1.82) is 0 Å². The maximum atomic E-state index is 10.1. The van der Waals surface area contributed by atoms with Crippen molar-refractivity contribution in [2.45, 2.75) is 0 Å². The molecule has 82 valence electrons. The second-order valence-electron chi connectivity index (χ2n) is 1.79. The van der Waals surface area contributed by atoms with E-state index < -0.39 is 5.97 Å². The molecule has 0 saturated carbocycles. The number of carbonyl (C=O) groups excluding carboxylic acids is 2. The lowest BCUT2D eigenvalue weighted by molar-refractivity contribution is -0.107. The molecule has 15 heavy (non-hydrogen) atoms. The molecular formula is C8H11N3O4. The van der Waals surface area contributed by atoms with E-state index in [0.29, 0.717) is 0 Å². The van der Waals surface area contributed by atoms with E-state index in [1.165, 1.54) is 12.3 Å². The van der Waals surface area contributed by atoms with E-state index >= 15 is 0 Å². The molecule has 2 amide bonds. The molecule has 1 rings (SSSR count). The van der Waals surface area contributed by atoms with Crippen molar-refractivity contribution < 1.29 is 19.5 Å². The van der Waals surface area contributed by atoms with Crippen LogP contribution in [0, 0.1) is 0 Å². The van der Waals surface area contributed by atoms with Gasteiger partial charge in [0.15, 0.2) is 0 Å². The Balaban J connectivity index is 0. The van der Waals surface area contributed by atoms with Crippen LogP contribution >= 0.6 is 0 Å². The Morgan fingerprint density at radius 1 is 1.27 bits per heavy atom. The fraction of sp³-hybridized carbons (Fsp3) is 0. The van der Waals surface area contributed by atoms with Crippen LogP contribution in [0.3, 0.4) is 0 Å². The molecule has 0 unspecified atom stereocenters. The van der Waals surface area contributed by atoms with Crippen molar-refractivity contribution in [2.24, 2.45) is 11.5 Å². The zero-order chi connectivity index (χ0) is 12.1. The number of aromatic carboxylic acids is 1. The smallest absolute Gasteiger partial charge is 0.354 e. The molecule has 1 heterocycles. The van der Waals surface area contributed by atoms with Crippen LogP contribution in [-0.4, -0.2) is 28.9 Å². The lowest BCUT2D eigenvalue weighted by Crippen LogP contribution is -1.97.